The van der Waals surface area contributed by atoms with Crippen molar-refractivity contribution in [1.82, 2.24) is 39.0 Å². The standard InChI is InChI=1S/C60H36N8O/c1-5-17-37(18-6-1)55-61-56(38-19-7-2-8-20-38)63-59(62-55)41-29-33-51-46(35-41)47-36-42(30-34-52(47)69-51)67-49-28-16-14-26-45(49)53-50(67)32-31-44-43-25-13-15-27-48(43)68(54(44)53)60-65-57(39-21-9-3-10-22-39)64-58(66-60)40-23-11-4-12-24-40/h1-36H. The summed E-state index contributed by atoms with van der Waals surface area (Å²) in [5, 5.41) is 6.38. The lowest BCUT2D eigenvalue weighted by molar-refractivity contribution is 0.669. The van der Waals surface area contributed by atoms with Crippen LogP contribution in [0.15, 0.2) is 223 Å². The third kappa shape index (κ3) is 6.32. The van der Waals surface area contributed by atoms with Gasteiger partial charge in [-0.2, -0.15) is 9.97 Å². The highest BCUT2D eigenvalue weighted by Crippen LogP contribution is 2.43. The van der Waals surface area contributed by atoms with Crippen LogP contribution in [0.3, 0.4) is 0 Å². The summed E-state index contributed by atoms with van der Waals surface area (Å²) in [5.41, 5.74) is 11.3. The van der Waals surface area contributed by atoms with Crippen molar-refractivity contribution in [3.05, 3.63) is 218 Å². The summed E-state index contributed by atoms with van der Waals surface area (Å²) in [4.78, 5) is 30.6. The molecule has 0 radical (unpaired) electrons. The topological polar surface area (TPSA) is 100 Å². The Balaban J connectivity index is 0.986. The van der Waals surface area contributed by atoms with Crippen LogP contribution in [0.1, 0.15) is 0 Å². The van der Waals surface area contributed by atoms with E-state index in [4.69, 9.17) is 34.3 Å². The molecule has 0 saturated carbocycles. The van der Waals surface area contributed by atoms with Crippen LogP contribution in [-0.4, -0.2) is 39.0 Å². The minimum absolute atomic E-state index is 0.547. The van der Waals surface area contributed by atoms with Crippen LogP contribution in [0.5, 0.6) is 0 Å². The molecule has 14 rings (SSSR count). The fraction of sp³-hybridized carbons (Fsp3) is 0. The smallest absolute Gasteiger partial charge is 0.238 e. The summed E-state index contributed by atoms with van der Waals surface area (Å²) in [7, 11) is 0. The number of para-hydroxylation sites is 2. The van der Waals surface area contributed by atoms with Crippen LogP contribution in [0, 0.1) is 0 Å². The van der Waals surface area contributed by atoms with Crippen LogP contribution in [0.25, 0.3) is 134 Å². The van der Waals surface area contributed by atoms with E-state index in [0.29, 0.717) is 35.1 Å². The first-order valence-corrected chi connectivity index (χ1v) is 22.9. The fourth-order valence-electron chi connectivity index (χ4n) is 9.87. The normalized spacial score (nSPS) is 11.8. The number of rotatable bonds is 7. The predicted octanol–water partition coefficient (Wildman–Crippen LogP) is 14.5. The molecule has 9 heteroatoms. The maximum atomic E-state index is 6.53. The van der Waals surface area contributed by atoms with E-state index in [2.05, 4.69) is 94.1 Å². The molecule has 0 bridgehead atoms. The van der Waals surface area contributed by atoms with E-state index in [1.807, 2.05) is 133 Å². The zero-order chi connectivity index (χ0) is 45.4. The van der Waals surface area contributed by atoms with Crippen molar-refractivity contribution < 1.29 is 4.42 Å². The molecule has 69 heavy (non-hydrogen) atoms. The highest BCUT2D eigenvalue weighted by atomic mass is 16.3. The Kier molecular flexibility index (Phi) is 8.68. The molecule has 322 valence electrons. The number of hydrogen-bond donors (Lipinski definition) is 0. The largest absolute Gasteiger partial charge is 0.456 e. The van der Waals surface area contributed by atoms with Crippen molar-refractivity contribution in [3.8, 4) is 68.6 Å². The lowest BCUT2D eigenvalue weighted by Crippen LogP contribution is -2.06. The summed E-state index contributed by atoms with van der Waals surface area (Å²) in [6.07, 6.45) is 0. The van der Waals surface area contributed by atoms with E-state index in [0.717, 1.165) is 99.1 Å². The molecule has 0 aliphatic carbocycles. The van der Waals surface area contributed by atoms with Gasteiger partial charge in [0.25, 0.3) is 0 Å². The Morgan fingerprint density at radius 2 is 0.739 bits per heavy atom. The van der Waals surface area contributed by atoms with Crippen molar-refractivity contribution in [2.45, 2.75) is 0 Å². The summed E-state index contributed by atoms with van der Waals surface area (Å²) < 4.78 is 11.1. The highest BCUT2D eigenvalue weighted by Gasteiger charge is 2.24. The van der Waals surface area contributed by atoms with Gasteiger partial charge in [0.15, 0.2) is 29.1 Å². The zero-order valence-electron chi connectivity index (χ0n) is 36.8. The maximum absolute atomic E-state index is 6.53. The minimum atomic E-state index is 0.547. The van der Waals surface area contributed by atoms with Crippen LogP contribution in [0.2, 0.25) is 0 Å². The molecule has 9 nitrogen and oxygen atoms in total. The monoisotopic (exact) mass is 884 g/mol. The molecule has 5 aromatic heterocycles. The first kappa shape index (κ1) is 38.6. The van der Waals surface area contributed by atoms with Crippen LogP contribution < -0.4 is 0 Å². The molecule has 14 aromatic rings. The molecule has 0 atom stereocenters. The first-order valence-electron chi connectivity index (χ1n) is 22.9. The molecule has 0 unspecified atom stereocenters. The number of nitrogens with zero attached hydrogens (tertiary/aromatic N) is 8. The Hall–Kier alpha value is -9.60. The van der Waals surface area contributed by atoms with Gasteiger partial charge in [-0.15, -0.1) is 0 Å². The molecule has 0 N–H and O–H groups in total. The third-order valence-corrected chi connectivity index (χ3v) is 13.0. The number of fused-ring (bicyclic) bond motifs is 10. The average molecular weight is 885 g/mol. The van der Waals surface area contributed by atoms with Gasteiger partial charge < -0.3 is 8.98 Å². The van der Waals surface area contributed by atoms with Crippen LogP contribution in [0.4, 0.5) is 0 Å². The minimum Gasteiger partial charge on any atom is -0.456 e. The van der Waals surface area contributed by atoms with Gasteiger partial charge in [-0.3, -0.25) is 4.57 Å². The van der Waals surface area contributed by atoms with E-state index < -0.39 is 0 Å². The van der Waals surface area contributed by atoms with Crippen molar-refractivity contribution in [2.75, 3.05) is 0 Å². The molecule has 5 heterocycles. The van der Waals surface area contributed by atoms with Crippen molar-refractivity contribution in [2.24, 2.45) is 0 Å². The second-order valence-corrected chi connectivity index (χ2v) is 17.1. The number of benzene rings is 9. The van der Waals surface area contributed by atoms with Gasteiger partial charge in [0.2, 0.25) is 5.95 Å². The summed E-state index contributed by atoms with van der Waals surface area (Å²) in [6, 6.07) is 74.6. The van der Waals surface area contributed by atoms with Gasteiger partial charge in [-0.05, 0) is 54.6 Å². The van der Waals surface area contributed by atoms with E-state index in [-0.39, 0.29) is 0 Å². The third-order valence-electron chi connectivity index (χ3n) is 13.0. The summed E-state index contributed by atoms with van der Waals surface area (Å²) in [5.74, 6) is 3.57. The zero-order valence-corrected chi connectivity index (χ0v) is 36.8. The lowest BCUT2D eigenvalue weighted by atomic mass is 10.1. The molecule has 0 aliphatic heterocycles. The average Bonchev–Trinajstić information content (AvgIpc) is 4.09. The Labute approximate surface area is 394 Å². The highest BCUT2D eigenvalue weighted by molar-refractivity contribution is 6.26. The molecule has 0 spiro atoms. The summed E-state index contributed by atoms with van der Waals surface area (Å²) >= 11 is 0. The predicted molar refractivity (Wildman–Crippen MR) is 276 cm³/mol. The Morgan fingerprint density at radius 1 is 0.290 bits per heavy atom. The quantitative estimate of drug-likeness (QED) is 0.157. The van der Waals surface area contributed by atoms with E-state index in [9.17, 15) is 0 Å². The van der Waals surface area contributed by atoms with Gasteiger partial charge in [0, 0.05) is 65.8 Å². The molecule has 0 saturated heterocycles. The lowest BCUT2D eigenvalue weighted by Gasteiger charge is -2.12. The fourth-order valence-corrected chi connectivity index (χ4v) is 9.87. The van der Waals surface area contributed by atoms with Crippen LogP contribution >= 0.6 is 0 Å². The number of furan rings is 1. The molecule has 0 amide bonds. The molecule has 0 fully saturated rings. The van der Waals surface area contributed by atoms with Crippen LogP contribution in [-0.2, 0) is 0 Å². The Bertz CT molecular complexity index is 4180. The van der Waals surface area contributed by atoms with Gasteiger partial charge in [-0.25, -0.2) is 19.9 Å². The van der Waals surface area contributed by atoms with Crippen molar-refractivity contribution >= 4 is 65.6 Å². The van der Waals surface area contributed by atoms with Crippen molar-refractivity contribution in [1.29, 1.82) is 0 Å². The maximum Gasteiger partial charge on any atom is 0.238 e. The second-order valence-electron chi connectivity index (χ2n) is 17.1. The first-order chi connectivity index (χ1) is 34.2. The second kappa shape index (κ2) is 15.5. The molecule has 0 aliphatic rings. The van der Waals surface area contributed by atoms with Crippen molar-refractivity contribution in [3.63, 3.8) is 0 Å². The molecular formula is C60H36N8O. The summed E-state index contributed by atoms with van der Waals surface area (Å²) in [6.45, 7) is 0. The Morgan fingerprint density at radius 3 is 1.30 bits per heavy atom. The van der Waals surface area contributed by atoms with Gasteiger partial charge in [-0.1, -0.05) is 164 Å². The van der Waals surface area contributed by atoms with Gasteiger partial charge in [0.1, 0.15) is 11.2 Å². The van der Waals surface area contributed by atoms with E-state index >= 15 is 0 Å². The molecule has 9 aromatic carbocycles. The molecular weight excluding hydrogens is 849 g/mol. The van der Waals surface area contributed by atoms with E-state index in [1.54, 1.807) is 0 Å². The number of hydrogen-bond acceptors (Lipinski definition) is 7. The SMILES string of the molecule is c1ccc(-c2nc(-c3ccccc3)nc(-c3ccc4oc5ccc(-n6c7ccccc7c7c6ccc6c8ccccc8n(-c8nc(-c9ccccc9)nc(-c9ccccc9)n8)c67)cc5c4c3)n2)cc1. The van der Waals surface area contributed by atoms with Gasteiger partial charge in [0.05, 0.1) is 22.1 Å². The van der Waals surface area contributed by atoms with Gasteiger partial charge >= 0.3 is 0 Å². The van der Waals surface area contributed by atoms with E-state index in [1.165, 1.54) is 0 Å². The number of aromatic nitrogens is 8.